The Labute approximate surface area is 121 Å². The third kappa shape index (κ3) is 3.45. The quantitative estimate of drug-likeness (QED) is 0.684. The Hall–Kier alpha value is -1.14. The summed E-state index contributed by atoms with van der Waals surface area (Å²) in [6.07, 6.45) is 1.08. The molecule has 0 radical (unpaired) electrons. The standard InChI is InChI=1S/C13H18BrN3O2/c1-9-8-16(2)6-5-12(9)15-13-4-3-10(17(18)19)7-11(13)14/h3-4,7,9,12,15H,5-6,8H2,1-2H3. The van der Waals surface area contributed by atoms with Gasteiger partial charge >= 0.3 is 0 Å². The second-order valence-electron chi connectivity index (χ2n) is 5.20. The van der Waals surface area contributed by atoms with Crippen LogP contribution < -0.4 is 5.32 Å². The number of nitro groups is 1. The summed E-state index contributed by atoms with van der Waals surface area (Å²) in [5, 5.41) is 14.2. The fraction of sp³-hybridized carbons (Fsp3) is 0.538. The highest BCUT2D eigenvalue weighted by Crippen LogP contribution is 2.29. The van der Waals surface area contributed by atoms with Gasteiger partial charge in [0.15, 0.2) is 0 Å². The summed E-state index contributed by atoms with van der Waals surface area (Å²) in [5.74, 6) is 0.556. The number of anilines is 1. The van der Waals surface area contributed by atoms with E-state index in [0.29, 0.717) is 12.0 Å². The minimum absolute atomic E-state index is 0.105. The molecule has 19 heavy (non-hydrogen) atoms. The van der Waals surface area contributed by atoms with Gasteiger partial charge in [-0.3, -0.25) is 10.1 Å². The van der Waals surface area contributed by atoms with E-state index in [1.54, 1.807) is 12.1 Å². The molecule has 0 spiro atoms. The van der Waals surface area contributed by atoms with Gasteiger partial charge in [0.25, 0.3) is 5.69 Å². The maximum atomic E-state index is 10.7. The summed E-state index contributed by atoms with van der Waals surface area (Å²) in [6.45, 7) is 4.38. The van der Waals surface area contributed by atoms with Gasteiger partial charge in [0.1, 0.15) is 0 Å². The Morgan fingerprint density at radius 3 is 2.84 bits per heavy atom. The third-order valence-corrected chi connectivity index (χ3v) is 4.27. The zero-order valence-electron chi connectivity index (χ0n) is 11.1. The van der Waals surface area contributed by atoms with Crippen LogP contribution in [0.5, 0.6) is 0 Å². The second kappa shape index (κ2) is 5.88. The zero-order chi connectivity index (χ0) is 14.0. The molecule has 1 N–H and O–H groups in total. The smallest absolute Gasteiger partial charge is 0.270 e. The van der Waals surface area contributed by atoms with E-state index in [4.69, 9.17) is 0 Å². The number of halogens is 1. The van der Waals surface area contributed by atoms with Crippen LogP contribution >= 0.6 is 15.9 Å². The average molecular weight is 328 g/mol. The lowest BCUT2D eigenvalue weighted by Crippen LogP contribution is -2.43. The first-order valence-corrected chi connectivity index (χ1v) is 7.15. The van der Waals surface area contributed by atoms with Gasteiger partial charge in [-0.05, 0) is 47.9 Å². The van der Waals surface area contributed by atoms with Gasteiger partial charge in [-0.25, -0.2) is 0 Å². The van der Waals surface area contributed by atoms with Crippen LogP contribution in [0.25, 0.3) is 0 Å². The van der Waals surface area contributed by atoms with Crippen LogP contribution in [0.2, 0.25) is 0 Å². The molecule has 0 aliphatic carbocycles. The number of likely N-dealkylation sites (tertiary alicyclic amines) is 1. The summed E-state index contributed by atoms with van der Waals surface area (Å²) in [7, 11) is 2.13. The van der Waals surface area contributed by atoms with Crippen LogP contribution in [0.15, 0.2) is 22.7 Å². The van der Waals surface area contributed by atoms with E-state index in [9.17, 15) is 10.1 Å². The summed E-state index contributed by atoms with van der Waals surface area (Å²) < 4.78 is 0.743. The monoisotopic (exact) mass is 327 g/mol. The number of hydrogen-bond acceptors (Lipinski definition) is 4. The summed E-state index contributed by atoms with van der Waals surface area (Å²) >= 11 is 3.40. The predicted octanol–water partition coefficient (Wildman–Crippen LogP) is 3.11. The Kier molecular flexibility index (Phi) is 4.42. The summed E-state index contributed by atoms with van der Waals surface area (Å²) in [6, 6.07) is 5.26. The first-order chi connectivity index (χ1) is 8.97. The number of nitrogens with zero attached hydrogens (tertiary/aromatic N) is 2. The molecular formula is C13H18BrN3O2. The molecule has 1 aromatic carbocycles. The first-order valence-electron chi connectivity index (χ1n) is 6.36. The normalized spacial score (nSPS) is 24.2. The van der Waals surface area contributed by atoms with Crippen LogP contribution in [0.3, 0.4) is 0 Å². The van der Waals surface area contributed by atoms with Gasteiger partial charge in [-0.15, -0.1) is 0 Å². The van der Waals surface area contributed by atoms with Gasteiger partial charge in [0, 0.05) is 34.9 Å². The zero-order valence-corrected chi connectivity index (χ0v) is 12.7. The summed E-state index contributed by atoms with van der Waals surface area (Å²) in [4.78, 5) is 12.6. The molecule has 0 saturated carbocycles. The molecule has 1 aliphatic rings. The molecule has 1 aliphatic heterocycles. The molecule has 6 heteroatoms. The first kappa shape index (κ1) is 14.3. The van der Waals surface area contributed by atoms with Crippen molar-refractivity contribution in [1.29, 1.82) is 0 Å². The SMILES string of the molecule is CC1CN(C)CCC1Nc1ccc([N+](=O)[O-])cc1Br. The van der Waals surface area contributed by atoms with E-state index in [1.165, 1.54) is 6.07 Å². The van der Waals surface area contributed by atoms with Crippen LogP contribution in [-0.4, -0.2) is 36.0 Å². The van der Waals surface area contributed by atoms with Gasteiger partial charge < -0.3 is 10.2 Å². The maximum absolute atomic E-state index is 10.7. The fourth-order valence-electron chi connectivity index (χ4n) is 2.50. The van der Waals surface area contributed by atoms with Crippen LogP contribution in [0, 0.1) is 16.0 Å². The maximum Gasteiger partial charge on any atom is 0.270 e. The number of benzene rings is 1. The van der Waals surface area contributed by atoms with Crippen LogP contribution in [0.1, 0.15) is 13.3 Å². The molecule has 0 bridgehead atoms. The fourth-order valence-corrected chi connectivity index (χ4v) is 2.98. The Morgan fingerprint density at radius 1 is 1.53 bits per heavy atom. The number of rotatable bonds is 3. The predicted molar refractivity (Wildman–Crippen MR) is 79.5 cm³/mol. The van der Waals surface area contributed by atoms with Crippen LogP contribution in [-0.2, 0) is 0 Å². The van der Waals surface area contributed by atoms with E-state index in [2.05, 4.69) is 40.1 Å². The highest BCUT2D eigenvalue weighted by Gasteiger charge is 2.24. The molecule has 1 fully saturated rings. The van der Waals surface area contributed by atoms with Gasteiger partial charge in [0.2, 0.25) is 0 Å². The van der Waals surface area contributed by atoms with Crippen molar-refractivity contribution in [3.8, 4) is 0 Å². The van der Waals surface area contributed by atoms with Crippen molar-refractivity contribution in [3.63, 3.8) is 0 Å². The van der Waals surface area contributed by atoms with E-state index in [0.717, 1.165) is 29.7 Å². The molecule has 2 atom stereocenters. The largest absolute Gasteiger partial charge is 0.381 e. The van der Waals surface area contributed by atoms with Crippen molar-refractivity contribution in [2.75, 3.05) is 25.5 Å². The van der Waals surface area contributed by atoms with Gasteiger partial charge in [0.05, 0.1) is 4.92 Å². The molecule has 2 unspecified atom stereocenters. The van der Waals surface area contributed by atoms with E-state index >= 15 is 0 Å². The minimum Gasteiger partial charge on any atom is -0.381 e. The Bertz CT molecular complexity index is 481. The lowest BCUT2D eigenvalue weighted by Gasteiger charge is -2.36. The van der Waals surface area contributed by atoms with Crippen molar-refractivity contribution < 1.29 is 4.92 Å². The molecule has 0 aromatic heterocycles. The highest BCUT2D eigenvalue weighted by atomic mass is 79.9. The molecule has 1 heterocycles. The molecule has 1 saturated heterocycles. The molecule has 5 nitrogen and oxygen atoms in total. The van der Waals surface area contributed by atoms with Gasteiger partial charge in [-0.1, -0.05) is 6.92 Å². The lowest BCUT2D eigenvalue weighted by atomic mass is 9.94. The topological polar surface area (TPSA) is 58.4 Å². The van der Waals surface area contributed by atoms with Crippen LogP contribution in [0.4, 0.5) is 11.4 Å². The van der Waals surface area contributed by atoms with Crippen molar-refractivity contribution in [2.24, 2.45) is 5.92 Å². The van der Waals surface area contributed by atoms with Gasteiger partial charge in [-0.2, -0.15) is 0 Å². The number of nitrogens with one attached hydrogen (secondary N) is 1. The third-order valence-electron chi connectivity index (χ3n) is 3.61. The molecule has 2 rings (SSSR count). The minimum atomic E-state index is -0.382. The number of piperidine rings is 1. The van der Waals surface area contributed by atoms with Crippen molar-refractivity contribution in [3.05, 3.63) is 32.8 Å². The van der Waals surface area contributed by atoms with Crippen molar-refractivity contribution >= 4 is 27.3 Å². The van der Waals surface area contributed by atoms with E-state index in [1.807, 2.05) is 0 Å². The average Bonchev–Trinajstić information content (AvgIpc) is 2.34. The second-order valence-corrected chi connectivity index (χ2v) is 6.05. The van der Waals surface area contributed by atoms with Crippen molar-refractivity contribution in [1.82, 2.24) is 4.90 Å². The van der Waals surface area contributed by atoms with E-state index < -0.39 is 0 Å². The number of hydrogen-bond donors (Lipinski definition) is 1. The lowest BCUT2D eigenvalue weighted by molar-refractivity contribution is -0.384. The highest BCUT2D eigenvalue weighted by molar-refractivity contribution is 9.10. The van der Waals surface area contributed by atoms with Crippen molar-refractivity contribution in [2.45, 2.75) is 19.4 Å². The number of non-ortho nitro benzene ring substituents is 1. The Balaban J connectivity index is 2.09. The molecular weight excluding hydrogens is 310 g/mol. The van der Waals surface area contributed by atoms with E-state index in [-0.39, 0.29) is 10.6 Å². The molecule has 104 valence electrons. The Morgan fingerprint density at radius 2 is 2.26 bits per heavy atom. The molecule has 1 aromatic rings. The molecule has 0 amide bonds. The number of nitro benzene ring substituents is 1. The summed E-state index contributed by atoms with van der Waals surface area (Å²) in [5.41, 5.74) is 1.03.